The van der Waals surface area contributed by atoms with E-state index in [0.717, 1.165) is 0 Å². The van der Waals surface area contributed by atoms with Gasteiger partial charge in [-0.25, -0.2) is 0 Å². The average Bonchev–Trinajstić information content (AvgIpc) is 3.11. The Morgan fingerprint density at radius 1 is 1.24 bits per heavy atom. The van der Waals surface area contributed by atoms with Crippen molar-refractivity contribution < 1.29 is 19.5 Å². The lowest BCUT2D eigenvalue weighted by Gasteiger charge is -2.23. The number of carbonyl (C=O) groups is 3. The first-order chi connectivity index (χ1) is 9.99. The molecule has 0 aromatic carbocycles. The van der Waals surface area contributed by atoms with Crippen LogP contribution in [-0.2, 0) is 9.59 Å². The van der Waals surface area contributed by atoms with Gasteiger partial charge in [0.05, 0.1) is 17.4 Å². The first-order valence-electron chi connectivity index (χ1n) is 6.58. The van der Waals surface area contributed by atoms with Crippen LogP contribution in [0.5, 0.6) is 0 Å². The topological polar surface area (TPSA) is 109 Å². The summed E-state index contributed by atoms with van der Waals surface area (Å²) >= 11 is 1.20. The quantitative estimate of drug-likeness (QED) is 0.728. The van der Waals surface area contributed by atoms with Crippen molar-refractivity contribution >= 4 is 34.1 Å². The van der Waals surface area contributed by atoms with Crippen molar-refractivity contribution in [2.45, 2.75) is 6.42 Å². The number of hydrogen-bond acceptors (Lipinski definition) is 4. The molecule has 0 radical (unpaired) electrons. The maximum atomic E-state index is 12.4. The number of allylic oxidation sites excluding steroid dienone is 2. The van der Waals surface area contributed by atoms with Crippen LogP contribution < -0.4 is 11.1 Å². The molecule has 4 N–H and O–H groups in total. The number of amides is 2. The molecule has 110 valence electrons. The van der Waals surface area contributed by atoms with Crippen LogP contribution in [0.25, 0.3) is 0 Å². The summed E-state index contributed by atoms with van der Waals surface area (Å²) < 4.78 is 0. The first kappa shape index (κ1) is 13.8. The minimum absolute atomic E-state index is 0.0481. The predicted molar refractivity (Wildman–Crippen MR) is 76.8 cm³/mol. The number of primary amides is 1. The zero-order valence-electron chi connectivity index (χ0n) is 11.0. The van der Waals surface area contributed by atoms with Crippen LogP contribution in [0.3, 0.4) is 0 Å². The van der Waals surface area contributed by atoms with Crippen molar-refractivity contribution in [2.24, 2.45) is 29.4 Å². The highest BCUT2D eigenvalue weighted by Crippen LogP contribution is 2.48. The third-order valence-corrected chi connectivity index (χ3v) is 5.04. The minimum atomic E-state index is -0.951. The minimum Gasteiger partial charge on any atom is -0.481 e. The van der Waals surface area contributed by atoms with Gasteiger partial charge in [-0.3, -0.25) is 14.4 Å². The van der Waals surface area contributed by atoms with Crippen molar-refractivity contribution in [3.8, 4) is 0 Å². The van der Waals surface area contributed by atoms with E-state index >= 15 is 0 Å². The van der Waals surface area contributed by atoms with Crippen LogP contribution in [0.1, 0.15) is 16.8 Å². The molecule has 1 saturated carbocycles. The highest BCUT2D eigenvalue weighted by molar-refractivity contribution is 7.14. The van der Waals surface area contributed by atoms with Gasteiger partial charge in [0.25, 0.3) is 5.91 Å². The number of carboxylic acid groups (broad SMARTS) is 1. The van der Waals surface area contributed by atoms with E-state index in [9.17, 15) is 19.5 Å². The van der Waals surface area contributed by atoms with Crippen molar-refractivity contribution in [3.05, 3.63) is 29.2 Å². The van der Waals surface area contributed by atoms with Crippen molar-refractivity contribution in [3.63, 3.8) is 0 Å². The maximum absolute atomic E-state index is 12.4. The predicted octanol–water partition coefficient (Wildman–Crippen LogP) is 1.31. The summed E-state index contributed by atoms with van der Waals surface area (Å²) in [5.41, 5.74) is 5.48. The van der Waals surface area contributed by atoms with Gasteiger partial charge in [-0.2, -0.15) is 0 Å². The summed E-state index contributed by atoms with van der Waals surface area (Å²) in [6.45, 7) is 0. The molecule has 3 rings (SSSR count). The van der Waals surface area contributed by atoms with E-state index in [1.54, 1.807) is 5.38 Å². The number of carboxylic acids is 1. The Balaban J connectivity index is 1.82. The largest absolute Gasteiger partial charge is 0.481 e. The van der Waals surface area contributed by atoms with Gasteiger partial charge in [-0.1, -0.05) is 12.2 Å². The van der Waals surface area contributed by atoms with Gasteiger partial charge >= 0.3 is 5.97 Å². The summed E-state index contributed by atoms with van der Waals surface area (Å²) in [5.74, 6) is -3.35. The molecule has 4 atom stereocenters. The van der Waals surface area contributed by atoms with Gasteiger partial charge in [0.2, 0.25) is 5.91 Å². The summed E-state index contributed by atoms with van der Waals surface area (Å²) in [6.07, 6.45) is 4.49. The monoisotopic (exact) mass is 306 g/mol. The van der Waals surface area contributed by atoms with Gasteiger partial charge in [0.1, 0.15) is 5.00 Å². The van der Waals surface area contributed by atoms with Crippen molar-refractivity contribution in [1.29, 1.82) is 0 Å². The molecule has 1 fully saturated rings. The third-order valence-electron chi connectivity index (χ3n) is 4.21. The Morgan fingerprint density at radius 2 is 1.90 bits per heavy atom. The number of hydrogen-bond donors (Lipinski definition) is 3. The zero-order valence-corrected chi connectivity index (χ0v) is 11.8. The smallest absolute Gasteiger partial charge is 0.307 e. The molecule has 2 aliphatic rings. The lowest BCUT2D eigenvalue weighted by molar-refractivity contribution is -0.146. The number of rotatable bonds is 4. The fraction of sp³-hybridized carbons (Fsp3) is 0.357. The van der Waals surface area contributed by atoms with E-state index in [-0.39, 0.29) is 23.3 Å². The van der Waals surface area contributed by atoms with Crippen LogP contribution in [0.2, 0.25) is 0 Å². The summed E-state index contributed by atoms with van der Waals surface area (Å²) in [5, 5.41) is 14.0. The van der Waals surface area contributed by atoms with E-state index in [2.05, 4.69) is 5.32 Å². The number of carbonyl (C=O) groups excluding carboxylic acids is 2. The van der Waals surface area contributed by atoms with E-state index in [0.29, 0.717) is 11.4 Å². The number of fused-ring (bicyclic) bond motifs is 2. The Kier molecular flexibility index (Phi) is 3.29. The van der Waals surface area contributed by atoms with Crippen LogP contribution in [-0.4, -0.2) is 22.9 Å². The molecule has 7 heteroatoms. The normalized spacial score (nSPS) is 29.5. The van der Waals surface area contributed by atoms with Crippen molar-refractivity contribution in [1.82, 2.24) is 0 Å². The molecule has 21 heavy (non-hydrogen) atoms. The average molecular weight is 306 g/mol. The molecule has 0 aliphatic heterocycles. The molecular formula is C14H14N2O4S. The second-order valence-electron chi connectivity index (χ2n) is 5.36. The number of nitrogens with one attached hydrogen (secondary N) is 1. The lowest BCUT2D eigenvalue weighted by Crippen LogP contribution is -2.36. The second kappa shape index (κ2) is 5.00. The molecule has 1 aromatic heterocycles. The molecule has 2 amide bonds. The van der Waals surface area contributed by atoms with E-state index in [1.165, 1.54) is 17.4 Å². The lowest BCUT2D eigenvalue weighted by atomic mass is 9.82. The Morgan fingerprint density at radius 3 is 2.52 bits per heavy atom. The molecular weight excluding hydrogens is 292 g/mol. The highest BCUT2D eigenvalue weighted by atomic mass is 32.1. The Bertz CT molecular complexity index is 651. The fourth-order valence-corrected chi connectivity index (χ4v) is 4.11. The molecule has 0 saturated heterocycles. The van der Waals surface area contributed by atoms with E-state index < -0.39 is 23.7 Å². The highest BCUT2D eigenvalue weighted by Gasteiger charge is 2.51. The van der Waals surface area contributed by atoms with Gasteiger partial charge in [-0.15, -0.1) is 11.3 Å². The molecule has 2 bridgehead atoms. The second-order valence-corrected chi connectivity index (χ2v) is 6.27. The van der Waals surface area contributed by atoms with E-state index in [1.807, 2.05) is 12.2 Å². The molecule has 0 spiro atoms. The van der Waals surface area contributed by atoms with Crippen LogP contribution in [0.4, 0.5) is 5.00 Å². The standard InChI is InChI=1S/C14H14N2O4S/c15-11(17)8-3-4-21-13(8)16-12(18)9-6-1-2-7(5-6)10(9)14(19)20/h1-4,6-7,9-10H,5H2,(H2,15,17)(H,16,18)(H,19,20)/t6-,7+,9-,10+/m1/s1. The molecule has 2 aliphatic carbocycles. The first-order valence-corrected chi connectivity index (χ1v) is 7.46. The van der Waals surface area contributed by atoms with E-state index in [4.69, 9.17) is 5.73 Å². The fourth-order valence-electron chi connectivity index (χ4n) is 3.31. The third kappa shape index (κ3) is 2.23. The summed E-state index contributed by atoms with van der Waals surface area (Å²) in [7, 11) is 0. The number of anilines is 1. The SMILES string of the molecule is NC(=O)c1ccsc1NC(=O)[C@H]1[C@@H](C(=O)O)[C@H]2C=C[C@@H]1C2. The van der Waals surface area contributed by atoms with Gasteiger partial charge in [-0.05, 0) is 29.7 Å². The number of aliphatic carboxylic acids is 1. The Hall–Kier alpha value is -2.15. The maximum Gasteiger partial charge on any atom is 0.307 e. The summed E-state index contributed by atoms with van der Waals surface area (Å²) in [6, 6.07) is 1.54. The molecule has 1 heterocycles. The van der Waals surface area contributed by atoms with Crippen LogP contribution >= 0.6 is 11.3 Å². The number of thiophene rings is 1. The summed E-state index contributed by atoms with van der Waals surface area (Å²) in [4.78, 5) is 35.1. The van der Waals surface area contributed by atoms with Crippen LogP contribution in [0.15, 0.2) is 23.6 Å². The van der Waals surface area contributed by atoms with Gasteiger partial charge < -0.3 is 16.2 Å². The van der Waals surface area contributed by atoms with Crippen LogP contribution in [0, 0.1) is 23.7 Å². The zero-order chi connectivity index (χ0) is 15.1. The number of nitrogens with two attached hydrogens (primary N) is 1. The van der Waals surface area contributed by atoms with Gasteiger partial charge in [0.15, 0.2) is 0 Å². The van der Waals surface area contributed by atoms with Gasteiger partial charge in [0, 0.05) is 0 Å². The molecule has 0 unspecified atom stereocenters. The molecule has 6 nitrogen and oxygen atoms in total. The Labute approximate surface area is 124 Å². The van der Waals surface area contributed by atoms with Crippen molar-refractivity contribution in [2.75, 3.05) is 5.32 Å². The molecule has 1 aromatic rings.